The highest BCUT2D eigenvalue weighted by molar-refractivity contribution is 5.56. The van der Waals surface area contributed by atoms with Crippen molar-refractivity contribution in [2.24, 2.45) is 11.7 Å². The number of rotatable bonds is 3. The van der Waals surface area contributed by atoms with Gasteiger partial charge in [-0.2, -0.15) is 0 Å². The predicted molar refractivity (Wildman–Crippen MR) is 74.3 cm³/mol. The van der Waals surface area contributed by atoms with Crippen LogP contribution in [0.3, 0.4) is 0 Å². The van der Waals surface area contributed by atoms with Crippen LogP contribution in [-0.2, 0) is 6.54 Å². The summed E-state index contributed by atoms with van der Waals surface area (Å²) in [5.74, 6) is 0.728. The molecule has 0 bridgehead atoms. The van der Waals surface area contributed by atoms with Gasteiger partial charge in [-0.05, 0) is 42.9 Å². The third-order valence-corrected chi connectivity index (χ3v) is 3.88. The molecule has 2 heteroatoms. The zero-order valence-electron chi connectivity index (χ0n) is 11.2. The summed E-state index contributed by atoms with van der Waals surface area (Å²) in [6.07, 6.45) is 2.65. The highest BCUT2D eigenvalue weighted by atomic mass is 15.2. The minimum absolute atomic E-state index is 0.634. The van der Waals surface area contributed by atoms with Crippen LogP contribution in [0.25, 0.3) is 0 Å². The van der Waals surface area contributed by atoms with E-state index >= 15 is 0 Å². The molecule has 0 radical (unpaired) electrons. The number of nitrogens with two attached hydrogens (primary N) is 1. The number of benzene rings is 1. The van der Waals surface area contributed by atoms with Gasteiger partial charge in [-0.15, -0.1) is 0 Å². The Labute approximate surface area is 105 Å². The monoisotopic (exact) mass is 232 g/mol. The zero-order valence-corrected chi connectivity index (χ0v) is 11.2. The van der Waals surface area contributed by atoms with Crippen LogP contribution in [0.15, 0.2) is 18.2 Å². The van der Waals surface area contributed by atoms with Crippen molar-refractivity contribution >= 4 is 5.69 Å². The second-order valence-corrected chi connectivity index (χ2v) is 5.47. The van der Waals surface area contributed by atoms with E-state index in [-0.39, 0.29) is 0 Å². The van der Waals surface area contributed by atoms with E-state index in [2.05, 4.69) is 43.9 Å². The number of hydrogen-bond donors (Lipinski definition) is 1. The Bertz CT molecular complexity index is 385. The van der Waals surface area contributed by atoms with Gasteiger partial charge in [0.15, 0.2) is 0 Å². The van der Waals surface area contributed by atoms with Gasteiger partial charge in [0.1, 0.15) is 0 Å². The Morgan fingerprint density at radius 3 is 2.76 bits per heavy atom. The highest BCUT2D eigenvalue weighted by Crippen LogP contribution is 2.32. The van der Waals surface area contributed by atoms with Crippen LogP contribution >= 0.6 is 0 Å². The molecule has 2 rings (SSSR count). The van der Waals surface area contributed by atoms with Crippen molar-refractivity contribution in [2.75, 3.05) is 11.4 Å². The van der Waals surface area contributed by atoms with Crippen molar-refractivity contribution < 1.29 is 0 Å². The van der Waals surface area contributed by atoms with Crippen molar-refractivity contribution in [3.63, 3.8) is 0 Å². The van der Waals surface area contributed by atoms with Crippen molar-refractivity contribution in [1.82, 2.24) is 0 Å². The zero-order chi connectivity index (χ0) is 12.4. The molecule has 0 spiro atoms. The van der Waals surface area contributed by atoms with Crippen LogP contribution < -0.4 is 10.6 Å². The van der Waals surface area contributed by atoms with Crippen LogP contribution in [0.5, 0.6) is 0 Å². The normalized spacial score (nSPS) is 20.3. The Hall–Kier alpha value is -1.02. The lowest BCUT2D eigenvalue weighted by Gasteiger charge is -2.31. The lowest BCUT2D eigenvalue weighted by atomic mass is 10.0. The molecular formula is C15H24N2. The quantitative estimate of drug-likeness (QED) is 0.867. The van der Waals surface area contributed by atoms with E-state index in [1.165, 1.54) is 36.2 Å². The molecule has 1 heterocycles. The first kappa shape index (κ1) is 12.4. The second-order valence-electron chi connectivity index (χ2n) is 5.47. The molecule has 17 heavy (non-hydrogen) atoms. The topological polar surface area (TPSA) is 29.3 Å². The van der Waals surface area contributed by atoms with Crippen molar-refractivity contribution in [3.8, 4) is 0 Å². The fourth-order valence-corrected chi connectivity index (χ4v) is 2.95. The van der Waals surface area contributed by atoms with Gasteiger partial charge in [-0.25, -0.2) is 0 Å². The fraction of sp³-hybridized carbons (Fsp3) is 0.600. The van der Waals surface area contributed by atoms with Crippen molar-refractivity contribution in [1.29, 1.82) is 0 Å². The molecule has 1 aliphatic heterocycles. The van der Waals surface area contributed by atoms with Gasteiger partial charge >= 0.3 is 0 Å². The molecule has 1 saturated heterocycles. The number of anilines is 1. The lowest BCUT2D eigenvalue weighted by Crippen LogP contribution is -2.33. The van der Waals surface area contributed by atoms with E-state index in [4.69, 9.17) is 5.73 Å². The van der Waals surface area contributed by atoms with Gasteiger partial charge in [0, 0.05) is 24.8 Å². The average molecular weight is 232 g/mol. The summed E-state index contributed by atoms with van der Waals surface area (Å²) in [7, 11) is 0. The maximum Gasteiger partial charge on any atom is 0.0398 e. The van der Waals surface area contributed by atoms with Gasteiger partial charge < -0.3 is 10.6 Å². The van der Waals surface area contributed by atoms with Crippen molar-refractivity contribution in [2.45, 2.75) is 46.2 Å². The summed E-state index contributed by atoms with van der Waals surface area (Å²) >= 11 is 0. The highest BCUT2D eigenvalue weighted by Gasteiger charge is 2.27. The minimum Gasteiger partial charge on any atom is -0.368 e. The van der Waals surface area contributed by atoms with Crippen molar-refractivity contribution in [3.05, 3.63) is 29.3 Å². The van der Waals surface area contributed by atoms with E-state index < -0.39 is 0 Å². The molecule has 1 aliphatic rings. The number of hydrogen-bond acceptors (Lipinski definition) is 2. The van der Waals surface area contributed by atoms with Crippen LogP contribution in [0.1, 0.15) is 37.8 Å². The molecular weight excluding hydrogens is 208 g/mol. The average Bonchev–Trinajstić information content (AvgIpc) is 2.77. The van der Waals surface area contributed by atoms with E-state index in [1.54, 1.807) is 0 Å². The predicted octanol–water partition coefficient (Wildman–Crippen LogP) is 3.08. The summed E-state index contributed by atoms with van der Waals surface area (Å²) in [6.45, 7) is 8.68. The summed E-state index contributed by atoms with van der Waals surface area (Å²) in [5.41, 5.74) is 9.68. The van der Waals surface area contributed by atoms with Crippen LogP contribution in [0, 0.1) is 12.8 Å². The van der Waals surface area contributed by atoms with E-state index in [1.807, 2.05) is 0 Å². The van der Waals surface area contributed by atoms with Gasteiger partial charge in [0.25, 0.3) is 0 Å². The molecule has 0 aromatic heterocycles. The molecule has 0 saturated carbocycles. The molecule has 2 nitrogen and oxygen atoms in total. The Morgan fingerprint density at radius 2 is 2.18 bits per heavy atom. The summed E-state index contributed by atoms with van der Waals surface area (Å²) in [4.78, 5) is 2.58. The van der Waals surface area contributed by atoms with E-state index in [9.17, 15) is 0 Å². The molecule has 1 unspecified atom stereocenters. The maximum atomic E-state index is 5.68. The molecule has 1 atom stereocenters. The molecule has 0 aliphatic carbocycles. The smallest absolute Gasteiger partial charge is 0.0398 e. The molecule has 94 valence electrons. The molecule has 1 aromatic rings. The fourth-order valence-electron chi connectivity index (χ4n) is 2.95. The van der Waals surface area contributed by atoms with Gasteiger partial charge in [0.2, 0.25) is 0 Å². The Balaban J connectivity index is 2.27. The first-order valence-corrected chi connectivity index (χ1v) is 6.69. The summed E-state index contributed by atoms with van der Waals surface area (Å²) in [5, 5.41) is 0. The van der Waals surface area contributed by atoms with Crippen LogP contribution in [0.2, 0.25) is 0 Å². The number of aryl methyl sites for hydroxylation is 1. The summed E-state index contributed by atoms with van der Waals surface area (Å²) < 4.78 is 0. The molecule has 1 fully saturated rings. The van der Waals surface area contributed by atoms with E-state index in [0.717, 1.165) is 5.92 Å². The second kappa shape index (κ2) is 5.09. The summed E-state index contributed by atoms with van der Waals surface area (Å²) in [6, 6.07) is 7.35. The third kappa shape index (κ3) is 2.47. The first-order chi connectivity index (χ1) is 8.13. The third-order valence-electron chi connectivity index (χ3n) is 3.88. The lowest BCUT2D eigenvalue weighted by molar-refractivity contribution is 0.491. The maximum absolute atomic E-state index is 5.68. The van der Waals surface area contributed by atoms with Crippen LogP contribution in [-0.4, -0.2) is 12.6 Å². The first-order valence-electron chi connectivity index (χ1n) is 6.69. The molecule has 1 aromatic carbocycles. The van der Waals surface area contributed by atoms with E-state index in [0.29, 0.717) is 12.6 Å². The standard InChI is InChI=1S/C15H24N2/c1-11(2)14-5-4-8-17(14)15-7-6-13(10-16)9-12(15)3/h6-7,9,11,14H,4-5,8,10,16H2,1-3H3. The SMILES string of the molecule is Cc1cc(CN)ccc1N1CCCC1C(C)C. The Morgan fingerprint density at radius 1 is 1.41 bits per heavy atom. The van der Waals surface area contributed by atoms with Crippen LogP contribution in [0.4, 0.5) is 5.69 Å². The van der Waals surface area contributed by atoms with Gasteiger partial charge in [-0.1, -0.05) is 26.0 Å². The Kier molecular flexibility index (Phi) is 3.72. The number of nitrogens with zero attached hydrogens (tertiary/aromatic N) is 1. The van der Waals surface area contributed by atoms with Gasteiger partial charge in [0.05, 0.1) is 0 Å². The molecule has 2 N–H and O–H groups in total. The minimum atomic E-state index is 0.634. The largest absolute Gasteiger partial charge is 0.368 e. The van der Waals surface area contributed by atoms with Gasteiger partial charge in [-0.3, -0.25) is 0 Å². The molecule has 0 amide bonds.